The first-order valence-electron chi connectivity index (χ1n) is 10.3. The number of benzene rings is 4. The topological polar surface area (TPSA) is 56.4 Å². The Morgan fingerprint density at radius 3 is 2.12 bits per heavy atom. The predicted octanol–water partition coefficient (Wildman–Crippen LogP) is 4.82. The van der Waals surface area contributed by atoms with E-state index in [4.69, 9.17) is 0 Å². The van der Waals surface area contributed by atoms with Crippen LogP contribution in [0.4, 0.5) is 0 Å². The van der Waals surface area contributed by atoms with Crippen LogP contribution in [-0.4, -0.2) is 14.0 Å². The lowest BCUT2D eigenvalue weighted by atomic mass is 10.1. The standard InChI is InChI=1S/C27H17N3O2/c31-26-21-13-4-5-14-22(21)28-25-27(32)29(23-15-6-7-16-24(23)30(25)26)20-12-8-11-19(17-20)18-9-2-1-3-10-18/h1-17H. The number of hydrogen-bond acceptors (Lipinski definition) is 3. The van der Waals surface area contributed by atoms with Crippen LogP contribution in [0, 0.1) is 0 Å². The third kappa shape index (κ3) is 2.68. The van der Waals surface area contributed by atoms with Crippen LogP contribution >= 0.6 is 0 Å². The molecule has 0 radical (unpaired) electrons. The second-order valence-corrected chi connectivity index (χ2v) is 7.64. The first kappa shape index (κ1) is 18.3. The van der Waals surface area contributed by atoms with Gasteiger partial charge in [-0.05, 0) is 47.5 Å². The number of nitrogens with zero attached hydrogens (tertiary/aromatic N) is 3. The summed E-state index contributed by atoms with van der Waals surface area (Å²) in [6.07, 6.45) is 0. The molecule has 0 bridgehead atoms. The fraction of sp³-hybridized carbons (Fsp3) is 0. The molecule has 0 saturated carbocycles. The number of hydrogen-bond donors (Lipinski definition) is 0. The molecule has 6 aromatic rings. The van der Waals surface area contributed by atoms with Crippen molar-refractivity contribution in [1.29, 1.82) is 0 Å². The lowest BCUT2D eigenvalue weighted by Crippen LogP contribution is -2.28. The Morgan fingerprint density at radius 1 is 0.594 bits per heavy atom. The quantitative estimate of drug-likeness (QED) is 0.301. The fourth-order valence-electron chi connectivity index (χ4n) is 4.26. The van der Waals surface area contributed by atoms with Crippen LogP contribution in [-0.2, 0) is 0 Å². The Hall–Kier alpha value is -4.51. The summed E-state index contributed by atoms with van der Waals surface area (Å²) < 4.78 is 3.07. The second kappa shape index (κ2) is 7.03. The van der Waals surface area contributed by atoms with E-state index in [1.54, 1.807) is 22.8 Å². The molecule has 0 unspecified atom stereocenters. The van der Waals surface area contributed by atoms with Gasteiger partial charge in [0.25, 0.3) is 11.1 Å². The first-order chi connectivity index (χ1) is 15.7. The van der Waals surface area contributed by atoms with Gasteiger partial charge in [-0.1, -0.05) is 66.7 Å². The molecule has 0 aliphatic heterocycles. The predicted molar refractivity (Wildman–Crippen MR) is 128 cm³/mol. The fourth-order valence-corrected chi connectivity index (χ4v) is 4.26. The molecular weight excluding hydrogens is 398 g/mol. The third-order valence-electron chi connectivity index (χ3n) is 5.75. The van der Waals surface area contributed by atoms with Crippen LogP contribution in [0.15, 0.2) is 113 Å². The van der Waals surface area contributed by atoms with Gasteiger partial charge in [-0.15, -0.1) is 0 Å². The maximum absolute atomic E-state index is 13.7. The van der Waals surface area contributed by atoms with E-state index in [1.165, 1.54) is 4.40 Å². The van der Waals surface area contributed by atoms with Crippen LogP contribution in [0.2, 0.25) is 0 Å². The lowest BCUT2D eigenvalue weighted by Gasteiger charge is -2.15. The molecule has 4 aromatic carbocycles. The zero-order chi connectivity index (χ0) is 21.7. The van der Waals surface area contributed by atoms with Gasteiger partial charge in [0.05, 0.1) is 27.6 Å². The number of fused-ring (bicyclic) bond motifs is 4. The number of rotatable bonds is 2. The van der Waals surface area contributed by atoms with Gasteiger partial charge in [0, 0.05) is 0 Å². The van der Waals surface area contributed by atoms with Crippen LogP contribution in [0.25, 0.3) is 44.4 Å². The summed E-state index contributed by atoms with van der Waals surface area (Å²) in [6.45, 7) is 0. The average Bonchev–Trinajstić information content (AvgIpc) is 2.85. The van der Waals surface area contributed by atoms with Crippen molar-refractivity contribution in [2.75, 3.05) is 0 Å². The maximum Gasteiger partial charge on any atom is 0.299 e. The van der Waals surface area contributed by atoms with E-state index in [1.807, 2.05) is 84.9 Å². The molecule has 0 atom stereocenters. The Bertz CT molecular complexity index is 1770. The zero-order valence-corrected chi connectivity index (χ0v) is 17.0. The highest BCUT2D eigenvalue weighted by molar-refractivity contribution is 5.85. The van der Waals surface area contributed by atoms with Gasteiger partial charge < -0.3 is 0 Å². The summed E-state index contributed by atoms with van der Waals surface area (Å²) in [5, 5.41) is 0.485. The molecule has 152 valence electrons. The summed E-state index contributed by atoms with van der Waals surface area (Å²) in [5.74, 6) is 0. The molecule has 6 rings (SSSR count). The van der Waals surface area contributed by atoms with Crippen LogP contribution < -0.4 is 11.1 Å². The zero-order valence-electron chi connectivity index (χ0n) is 17.0. The van der Waals surface area contributed by atoms with Crippen molar-refractivity contribution in [3.05, 3.63) is 124 Å². The molecule has 2 aromatic heterocycles. The Balaban J connectivity index is 1.75. The van der Waals surface area contributed by atoms with Crippen molar-refractivity contribution in [3.8, 4) is 16.8 Å². The van der Waals surface area contributed by atoms with Gasteiger partial charge in [-0.3, -0.25) is 18.6 Å². The molecule has 5 heteroatoms. The molecule has 0 fully saturated rings. The van der Waals surface area contributed by atoms with Crippen molar-refractivity contribution in [1.82, 2.24) is 14.0 Å². The summed E-state index contributed by atoms with van der Waals surface area (Å²) in [4.78, 5) is 31.6. The van der Waals surface area contributed by atoms with Gasteiger partial charge in [0.2, 0.25) is 5.65 Å². The van der Waals surface area contributed by atoms with Crippen molar-refractivity contribution < 1.29 is 0 Å². The normalized spacial score (nSPS) is 11.4. The lowest BCUT2D eigenvalue weighted by molar-refractivity contribution is 0.988. The van der Waals surface area contributed by atoms with Crippen molar-refractivity contribution in [2.45, 2.75) is 0 Å². The minimum Gasteiger partial charge on any atom is -0.272 e. The summed E-state index contributed by atoms with van der Waals surface area (Å²) in [5.41, 5.74) is 4.10. The molecule has 32 heavy (non-hydrogen) atoms. The first-order valence-corrected chi connectivity index (χ1v) is 10.3. The molecule has 0 spiro atoms. The highest BCUT2D eigenvalue weighted by Gasteiger charge is 2.16. The molecule has 2 heterocycles. The Morgan fingerprint density at radius 2 is 1.28 bits per heavy atom. The maximum atomic E-state index is 13.7. The number of aromatic nitrogens is 3. The molecule has 0 aliphatic carbocycles. The minimum absolute atomic E-state index is 0.109. The van der Waals surface area contributed by atoms with Gasteiger partial charge in [-0.2, -0.15) is 0 Å². The summed E-state index contributed by atoms with van der Waals surface area (Å²) in [7, 11) is 0. The highest BCUT2D eigenvalue weighted by Crippen LogP contribution is 2.24. The van der Waals surface area contributed by atoms with E-state index in [0.717, 1.165) is 16.8 Å². The van der Waals surface area contributed by atoms with Gasteiger partial charge in [0.15, 0.2) is 0 Å². The molecule has 0 saturated heterocycles. The van der Waals surface area contributed by atoms with E-state index >= 15 is 0 Å². The SMILES string of the molecule is O=c1c2nc3ccccc3c(=O)n2c2ccccc2n1-c1cccc(-c2ccccc2)c1. The van der Waals surface area contributed by atoms with Crippen molar-refractivity contribution in [2.24, 2.45) is 0 Å². The van der Waals surface area contributed by atoms with E-state index in [9.17, 15) is 9.59 Å². The monoisotopic (exact) mass is 415 g/mol. The van der Waals surface area contributed by atoms with Crippen molar-refractivity contribution >= 4 is 27.6 Å². The molecule has 5 nitrogen and oxygen atoms in total. The average molecular weight is 415 g/mol. The number of para-hydroxylation sites is 3. The molecule has 0 aliphatic rings. The van der Waals surface area contributed by atoms with Gasteiger partial charge >= 0.3 is 0 Å². The smallest absolute Gasteiger partial charge is 0.272 e. The van der Waals surface area contributed by atoms with E-state index in [-0.39, 0.29) is 16.8 Å². The van der Waals surface area contributed by atoms with Crippen molar-refractivity contribution in [3.63, 3.8) is 0 Å². The molecule has 0 amide bonds. The molecular formula is C27H17N3O2. The Kier molecular flexibility index (Phi) is 4.01. The largest absolute Gasteiger partial charge is 0.299 e. The highest BCUT2D eigenvalue weighted by atomic mass is 16.1. The van der Waals surface area contributed by atoms with E-state index in [2.05, 4.69) is 4.98 Å². The molecule has 0 N–H and O–H groups in total. The van der Waals surface area contributed by atoms with E-state index < -0.39 is 0 Å². The summed E-state index contributed by atoms with van der Waals surface area (Å²) in [6, 6.07) is 32.4. The van der Waals surface area contributed by atoms with Crippen LogP contribution in [0.3, 0.4) is 0 Å². The minimum atomic E-state index is -0.336. The Labute approximate surface area is 182 Å². The van der Waals surface area contributed by atoms with E-state index in [0.29, 0.717) is 21.9 Å². The van der Waals surface area contributed by atoms with Gasteiger partial charge in [0.1, 0.15) is 0 Å². The van der Waals surface area contributed by atoms with Crippen LogP contribution in [0.5, 0.6) is 0 Å². The second-order valence-electron chi connectivity index (χ2n) is 7.64. The third-order valence-corrected chi connectivity index (χ3v) is 5.75. The van der Waals surface area contributed by atoms with Crippen LogP contribution in [0.1, 0.15) is 0 Å². The summed E-state index contributed by atoms with van der Waals surface area (Å²) >= 11 is 0. The van der Waals surface area contributed by atoms with Gasteiger partial charge in [-0.25, -0.2) is 4.98 Å².